The van der Waals surface area contributed by atoms with Crippen molar-refractivity contribution in [2.45, 2.75) is 26.3 Å². The van der Waals surface area contributed by atoms with Gasteiger partial charge in [-0.2, -0.15) is 5.10 Å². The number of carbonyl (C=O) groups excluding carboxylic acids is 1. The van der Waals surface area contributed by atoms with Gasteiger partial charge in [-0.3, -0.25) is 4.79 Å². The number of fused-ring (bicyclic) bond motifs is 3. The van der Waals surface area contributed by atoms with Gasteiger partial charge in [0.15, 0.2) is 11.6 Å². The molecule has 2 aromatic heterocycles. The molecule has 0 unspecified atom stereocenters. The van der Waals surface area contributed by atoms with E-state index in [2.05, 4.69) is 17.0 Å². The van der Waals surface area contributed by atoms with Crippen LogP contribution in [-0.2, 0) is 6.42 Å². The molecule has 1 aliphatic rings. The molecule has 0 radical (unpaired) electrons. The van der Waals surface area contributed by atoms with E-state index in [1.54, 1.807) is 13.1 Å². The van der Waals surface area contributed by atoms with Gasteiger partial charge < -0.3 is 4.57 Å². The summed E-state index contributed by atoms with van der Waals surface area (Å²) in [5.41, 5.74) is 4.25. The Kier molecular flexibility index (Phi) is 2.76. The van der Waals surface area contributed by atoms with Gasteiger partial charge in [-0.05, 0) is 19.1 Å². The minimum Gasteiger partial charge on any atom is -0.318 e. The van der Waals surface area contributed by atoms with E-state index in [0.29, 0.717) is 5.82 Å². The lowest BCUT2D eigenvalue weighted by Crippen LogP contribution is -2.21. The molecule has 22 heavy (non-hydrogen) atoms. The highest BCUT2D eigenvalue weighted by atomic mass is 16.1. The molecule has 4 rings (SSSR count). The van der Waals surface area contributed by atoms with Gasteiger partial charge in [0.1, 0.15) is 0 Å². The third-order valence-electron chi connectivity index (χ3n) is 4.19. The monoisotopic (exact) mass is 292 g/mol. The maximum atomic E-state index is 11.8. The van der Waals surface area contributed by atoms with E-state index in [0.717, 1.165) is 23.4 Å². The summed E-state index contributed by atoms with van der Waals surface area (Å²) >= 11 is 0. The van der Waals surface area contributed by atoms with Crippen LogP contribution >= 0.6 is 0 Å². The first-order valence-corrected chi connectivity index (χ1v) is 7.37. The zero-order valence-electron chi connectivity index (χ0n) is 12.5. The highest BCUT2D eigenvalue weighted by molar-refractivity contribution is 5.91. The van der Waals surface area contributed by atoms with Crippen molar-refractivity contribution in [2.24, 2.45) is 0 Å². The minimum absolute atomic E-state index is 0.00278. The Morgan fingerprint density at radius 1 is 1.23 bits per heavy atom. The number of benzene rings is 1. The first kappa shape index (κ1) is 13.0. The fourth-order valence-corrected chi connectivity index (χ4v) is 3.21. The van der Waals surface area contributed by atoms with Crippen LogP contribution in [0.5, 0.6) is 0 Å². The summed E-state index contributed by atoms with van der Waals surface area (Å²) < 4.78 is 4.01. The molecule has 1 aromatic carbocycles. The molecule has 1 atom stereocenters. The second-order valence-electron chi connectivity index (χ2n) is 5.70. The number of hydrogen-bond donors (Lipinski definition) is 0. The van der Waals surface area contributed by atoms with Gasteiger partial charge >= 0.3 is 0 Å². The van der Waals surface area contributed by atoms with Crippen LogP contribution in [0.2, 0.25) is 0 Å². The van der Waals surface area contributed by atoms with E-state index in [9.17, 15) is 4.79 Å². The van der Waals surface area contributed by atoms with Crippen molar-refractivity contribution >= 4 is 5.78 Å². The van der Waals surface area contributed by atoms with Crippen LogP contribution in [0.3, 0.4) is 0 Å². The number of para-hydroxylation sites is 1. The second kappa shape index (κ2) is 4.66. The highest BCUT2D eigenvalue weighted by Crippen LogP contribution is 2.36. The Morgan fingerprint density at radius 3 is 2.73 bits per heavy atom. The van der Waals surface area contributed by atoms with Crippen molar-refractivity contribution in [3.8, 4) is 16.9 Å². The normalized spacial score (nSPS) is 16.2. The Hall–Kier alpha value is -2.69. The van der Waals surface area contributed by atoms with Crippen LogP contribution in [0, 0.1) is 0 Å². The van der Waals surface area contributed by atoms with Crippen molar-refractivity contribution in [3.63, 3.8) is 0 Å². The molecule has 0 amide bonds. The summed E-state index contributed by atoms with van der Waals surface area (Å²) in [6, 6.07) is 10.3. The lowest BCUT2D eigenvalue weighted by Gasteiger charge is -2.24. The molecule has 3 heterocycles. The molecule has 0 N–H and O–H groups in total. The standard InChI is InChI=1S/C17H16N4O/c1-11-8-15-14(16-10-18-17(12(2)22)20(11)16)9-19-21(15)13-6-4-3-5-7-13/h3-7,9-11H,8H2,1-2H3/t11-/m0/s1. The van der Waals surface area contributed by atoms with E-state index in [-0.39, 0.29) is 11.8 Å². The van der Waals surface area contributed by atoms with Crippen molar-refractivity contribution in [1.82, 2.24) is 19.3 Å². The Balaban J connectivity index is 1.91. The molecular formula is C17H16N4O. The molecule has 0 saturated heterocycles. The lowest BCUT2D eigenvalue weighted by atomic mass is 10.0. The minimum atomic E-state index is -0.00278. The summed E-state index contributed by atoms with van der Waals surface area (Å²) in [6.07, 6.45) is 4.47. The predicted molar refractivity (Wildman–Crippen MR) is 83.2 cm³/mol. The fraction of sp³-hybridized carbons (Fsp3) is 0.235. The van der Waals surface area contributed by atoms with E-state index in [1.165, 1.54) is 5.69 Å². The topological polar surface area (TPSA) is 52.7 Å². The number of rotatable bonds is 2. The van der Waals surface area contributed by atoms with Gasteiger partial charge in [0.25, 0.3) is 0 Å². The average molecular weight is 292 g/mol. The molecule has 1 aliphatic heterocycles. The zero-order chi connectivity index (χ0) is 15.3. The van der Waals surface area contributed by atoms with Crippen LogP contribution in [-0.4, -0.2) is 25.1 Å². The SMILES string of the molecule is CC(=O)c1ncc2n1[C@@H](C)Cc1c-2cnn1-c1ccccc1. The van der Waals surface area contributed by atoms with Gasteiger partial charge in [0, 0.05) is 24.9 Å². The number of aromatic nitrogens is 4. The summed E-state index contributed by atoms with van der Waals surface area (Å²) in [4.78, 5) is 16.1. The maximum absolute atomic E-state index is 11.8. The van der Waals surface area contributed by atoms with E-state index < -0.39 is 0 Å². The number of nitrogens with zero attached hydrogens (tertiary/aromatic N) is 4. The first-order valence-electron chi connectivity index (χ1n) is 7.37. The van der Waals surface area contributed by atoms with Gasteiger partial charge in [-0.25, -0.2) is 9.67 Å². The number of Topliss-reactive ketones (excluding diaryl/α,β-unsaturated/α-hetero) is 1. The number of imidazole rings is 1. The van der Waals surface area contributed by atoms with Crippen molar-refractivity contribution < 1.29 is 4.79 Å². The van der Waals surface area contributed by atoms with Gasteiger partial charge in [-0.15, -0.1) is 0 Å². The lowest BCUT2D eigenvalue weighted by molar-refractivity contribution is 0.0997. The summed E-state index contributed by atoms with van der Waals surface area (Å²) in [6.45, 7) is 3.67. The van der Waals surface area contributed by atoms with Gasteiger partial charge in [0.2, 0.25) is 0 Å². The van der Waals surface area contributed by atoms with Crippen LogP contribution < -0.4 is 0 Å². The molecular weight excluding hydrogens is 276 g/mol. The van der Waals surface area contributed by atoms with Crippen LogP contribution in [0.25, 0.3) is 16.9 Å². The molecule has 0 spiro atoms. The second-order valence-corrected chi connectivity index (χ2v) is 5.70. The Bertz CT molecular complexity index is 860. The van der Waals surface area contributed by atoms with Gasteiger partial charge in [-0.1, -0.05) is 18.2 Å². The summed E-state index contributed by atoms with van der Waals surface area (Å²) in [5.74, 6) is 0.526. The van der Waals surface area contributed by atoms with Crippen molar-refractivity contribution in [3.05, 3.63) is 54.2 Å². The third kappa shape index (κ3) is 1.75. The van der Waals surface area contributed by atoms with Gasteiger partial charge in [0.05, 0.1) is 29.5 Å². The molecule has 0 aliphatic carbocycles. The Morgan fingerprint density at radius 2 is 2.00 bits per heavy atom. The molecule has 5 nitrogen and oxygen atoms in total. The smallest absolute Gasteiger partial charge is 0.195 e. The van der Waals surface area contributed by atoms with Crippen molar-refractivity contribution in [2.75, 3.05) is 0 Å². The first-order chi connectivity index (χ1) is 10.7. The number of carbonyl (C=O) groups is 1. The number of ketones is 1. The van der Waals surface area contributed by atoms with Crippen LogP contribution in [0.4, 0.5) is 0 Å². The molecule has 110 valence electrons. The third-order valence-corrected chi connectivity index (χ3v) is 4.19. The highest BCUT2D eigenvalue weighted by Gasteiger charge is 2.29. The van der Waals surface area contributed by atoms with E-state index >= 15 is 0 Å². The molecule has 0 saturated carbocycles. The largest absolute Gasteiger partial charge is 0.318 e. The quantitative estimate of drug-likeness (QED) is 0.682. The summed E-state index contributed by atoms with van der Waals surface area (Å²) in [7, 11) is 0. The van der Waals surface area contributed by atoms with Crippen LogP contribution in [0.1, 0.15) is 36.2 Å². The molecule has 5 heteroatoms. The van der Waals surface area contributed by atoms with Crippen molar-refractivity contribution in [1.29, 1.82) is 0 Å². The predicted octanol–water partition coefficient (Wildman–Crippen LogP) is 3.06. The van der Waals surface area contributed by atoms with E-state index in [1.807, 2.05) is 45.8 Å². The average Bonchev–Trinajstić information content (AvgIpc) is 3.12. The zero-order valence-corrected chi connectivity index (χ0v) is 12.5. The molecule has 0 fully saturated rings. The number of hydrogen-bond acceptors (Lipinski definition) is 3. The van der Waals surface area contributed by atoms with E-state index in [4.69, 9.17) is 0 Å². The fourth-order valence-electron chi connectivity index (χ4n) is 3.21. The maximum Gasteiger partial charge on any atom is 0.195 e. The molecule has 0 bridgehead atoms. The Labute approximate surface area is 128 Å². The summed E-state index contributed by atoms with van der Waals surface area (Å²) in [5, 5.41) is 4.55. The van der Waals surface area contributed by atoms with Crippen LogP contribution in [0.15, 0.2) is 42.7 Å². The molecule has 3 aromatic rings.